The van der Waals surface area contributed by atoms with Crippen LogP contribution in [0.5, 0.6) is 0 Å². The van der Waals surface area contributed by atoms with Crippen molar-refractivity contribution >= 4 is 51.9 Å². The van der Waals surface area contributed by atoms with E-state index in [0.29, 0.717) is 5.02 Å². The van der Waals surface area contributed by atoms with Gasteiger partial charge in [0.05, 0.1) is 12.3 Å². The minimum Gasteiger partial charge on any atom is -0.455 e. The number of halogens is 1. The van der Waals surface area contributed by atoms with Crippen molar-refractivity contribution in [2.75, 3.05) is 18.9 Å². The van der Waals surface area contributed by atoms with Gasteiger partial charge in [0.1, 0.15) is 0 Å². The molecule has 2 amide bonds. The van der Waals surface area contributed by atoms with E-state index in [1.807, 2.05) is 44.2 Å². The normalized spacial score (nSPS) is 10.7. The Bertz CT molecular complexity index is 836. The summed E-state index contributed by atoms with van der Waals surface area (Å²) in [7, 11) is 0. The molecule has 0 unspecified atom stereocenters. The zero-order valence-corrected chi connectivity index (χ0v) is 16.7. The predicted octanol–water partition coefficient (Wildman–Crippen LogP) is 2.77. The van der Waals surface area contributed by atoms with Crippen LogP contribution in [0.2, 0.25) is 5.02 Å². The lowest BCUT2D eigenvalue weighted by Gasteiger charge is -2.10. The number of rotatable bonds is 8. The van der Waals surface area contributed by atoms with Gasteiger partial charge in [-0.2, -0.15) is 0 Å². The van der Waals surface area contributed by atoms with Crippen LogP contribution in [0.4, 0.5) is 0 Å². The second-order valence-electron chi connectivity index (χ2n) is 6.04. The fourth-order valence-electron chi connectivity index (χ4n) is 2.31. The molecule has 0 radical (unpaired) electrons. The maximum absolute atomic E-state index is 11.9. The molecule has 8 heteroatoms. The van der Waals surface area contributed by atoms with Crippen LogP contribution in [-0.4, -0.2) is 42.7 Å². The number of amides is 2. The van der Waals surface area contributed by atoms with Gasteiger partial charge in [-0.15, -0.1) is 11.8 Å². The smallest absolute Gasteiger partial charge is 0.316 e. The first-order valence-corrected chi connectivity index (χ1v) is 9.75. The summed E-state index contributed by atoms with van der Waals surface area (Å²) in [6, 6.07) is 11.3. The van der Waals surface area contributed by atoms with Gasteiger partial charge in [0.25, 0.3) is 5.91 Å². The molecule has 2 aromatic rings. The van der Waals surface area contributed by atoms with Crippen LogP contribution in [0.1, 0.15) is 13.8 Å². The summed E-state index contributed by atoms with van der Waals surface area (Å²) in [5, 5.41) is 7.52. The first-order chi connectivity index (χ1) is 12.9. The van der Waals surface area contributed by atoms with Gasteiger partial charge < -0.3 is 15.4 Å². The molecule has 2 rings (SSSR count). The van der Waals surface area contributed by atoms with Crippen molar-refractivity contribution in [3.8, 4) is 0 Å². The summed E-state index contributed by atoms with van der Waals surface area (Å²) in [6.45, 7) is 3.06. The average molecular weight is 409 g/mol. The van der Waals surface area contributed by atoms with Crippen molar-refractivity contribution in [1.82, 2.24) is 10.6 Å². The highest BCUT2D eigenvalue weighted by atomic mass is 35.5. The fraction of sp³-hybridized carbons (Fsp3) is 0.316. The fourth-order valence-corrected chi connectivity index (χ4v) is 3.55. The molecule has 0 aliphatic carbocycles. The summed E-state index contributed by atoms with van der Waals surface area (Å²) in [4.78, 5) is 35.8. The Morgan fingerprint density at radius 2 is 1.81 bits per heavy atom. The van der Waals surface area contributed by atoms with Crippen LogP contribution in [-0.2, 0) is 19.1 Å². The maximum atomic E-state index is 11.9. The average Bonchev–Trinajstić information content (AvgIpc) is 2.62. The third kappa shape index (κ3) is 6.77. The topological polar surface area (TPSA) is 84.5 Å². The first kappa shape index (κ1) is 21.1. The lowest BCUT2D eigenvalue weighted by Crippen LogP contribution is -2.41. The van der Waals surface area contributed by atoms with Gasteiger partial charge in [0.2, 0.25) is 5.91 Å². The maximum Gasteiger partial charge on any atom is 0.316 e. The SMILES string of the molecule is CC(C)NC(=O)CNC(=O)COC(=O)CSc1cccc2cccc(Cl)c12. The van der Waals surface area contributed by atoms with E-state index in [2.05, 4.69) is 10.6 Å². The summed E-state index contributed by atoms with van der Waals surface area (Å²) in [5.41, 5.74) is 0. The van der Waals surface area contributed by atoms with Crippen LogP contribution in [0, 0.1) is 0 Å². The van der Waals surface area contributed by atoms with Crippen LogP contribution in [0.25, 0.3) is 10.8 Å². The Morgan fingerprint density at radius 1 is 1.11 bits per heavy atom. The number of carbonyl (C=O) groups is 3. The molecule has 0 bridgehead atoms. The molecule has 0 spiro atoms. The molecule has 6 nitrogen and oxygen atoms in total. The molecule has 0 saturated heterocycles. The molecule has 0 aliphatic rings. The van der Waals surface area contributed by atoms with Crippen molar-refractivity contribution < 1.29 is 19.1 Å². The van der Waals surface area contributed by atoms with E-state index >= 15 is 0 Å². The predicted molar refractivity (Wildman–Crippen MR) is 107 cm³/mol. The number of benzene rings is 2. The molecule has 0 atom stereocenters. The molecular weight excluding hydrogens is 388 g/mol. The lowest BCUT2D eigenvalue weighted by molar-refractivity contribution is -0.146. The molecule has 2 aromatic carbocycles. The number of hydrogen-bond acceptors (Lipinski definition) is 5. The molecule has 0 aliphatic heterocycles. The molecule has 144 valence electrons. The van der Waals surface area contributed by atoms with Crippen LogP contribution in [0.15, 0.2) is 41.3 Å². The van der Waals surface area contributed by atoms with E-state index in [-0.39, 0.29) is 24.2 Å². The molecule has 2 N–H and O–H groups in total. The molecular formula is C19H21ClN2O4S. The standard InChI is InChI=1S/C19H21ClN2O4S/c1-12(2)22-16(23)9-21-17(24)10-26-18(25)11-27-15-8-4-6-13-5-3-7-14(20)19(13)15/h3-8,12H,9-11H2,1-2H3,(H,21,24)(H,22,23). The number of fused-ring (bicyclic) bond motifs is 1. The summed E-state index contributed by atoms with van der Waals surface area (Å²) in [5.74, 6) is -1.30. The van der Waals surface area contributed by atoms with Gasteiger partial charge in [-0.3, -0.25) is 14.4 Å². The van der Waals surface area contributed by atoms with E-state index in [1.54, 1.807) is 6.07 Å². The highest BCUT2D eigenvalue weighted by Gasteiger charge is 2.12. The van der Waals surface area contributed by atoms with Gasteiger partial charge in [-0.25, -0.2) is 0 Å². The number of hydrogen-bond donors (Lipinski definition) is 2. The molecule has 0 fully saturated rings. The van der Waals surface area contributed by atoms with Gasteiger partial charge in [0.15, 0.2) is 6.61 Å². The molecule has 0 aromatic heterocycles. The van der Waals surface area contributed by atoms with Crippen LogP contribution in [0.3, 0.4) is 0 Å². The highest BCUT2D eigenvalue weighted by molar-refractivity contribution is 8.00. The zero-order chi connectivity index (χ0) is 19.8. The summed E-state index contributed by atoms with van der Waals surface area (Å²) >= 11 is 7.55. The van der Waals surface area contributed by atoms with E-state index in [9.17, 15) is 14.4 Å². The number of nitrogens with one attached hydrogen (secondary N) is 2. The van der Waals surface area contributed by atoms with Gasteiger partial charge in [-0.05, 0) is 31.4 Å². The summed E-state index contributed by atoms with van der Waals surface area (Å²) in [6.07, 6.45) is 0. The van der Waals surface area contributed by atoms with Crippen LogP contribution < -0.4 is 10.6 Å². The quantitative estimate of drug-likeness (QED) is 0.518. The second kappa shape index (κ2) is 10.2. The third-order valence-electron chi connectivity index (χ3n) is 3.42. The zero-order valence-electron chi connectivity index (χ0n) is 15.1. The minimum atomic E-state index is -0.527. The molecule has 0 heterocycles. The van der Waals surface area contributed by atoms with Crippen molar-refractivity contribution in [3.63, 3.8) is 0 Å². The van der Waals surface area contributed by atoms with Crippen molar-refractivity contribution in [3.05, 3.63) is 41.4 Å². The van der Waals surface area contributed by atoms with E-state index in [1.165, 1.54) is 11.8 Å². The van der Waals surface area contributed by atoms with E-state index in [4.69, 9.17) is 16.3 Å². The van der Waals surface area contributed by atoms with Crippen molar-refractivity contribution in [1.29, 1.82) is 0 Å². The van der Waals surface area contributed by atoms with Gasteiger partial charge in [0, 0.05) is 21.3 Å². The number of thioether (sulfide) groups is 1. The van der Waals surface area contributed by atoms with E-state index in [0.717, 1.165) is 15.7 Å². The summed E-state index contributed by atoms with van der Waals surface area (Å²) < 4.78 is 4.94. The Labute approximate surface area is 167 Å². The first-order valence-electron chi connectivity index (χ1n) is 8.38. The van der Waals surface area contributed by atoms with Gasteiger partial charge in [-0.1, -0.05) is 35.9 Å². The number of ether oxygens (including phenoxy) is 1. The number of carbonyl (C=O) groups excluding carboxylic acids is 3. The Kier molecular flexibility index (Phi) is 7.94. The highest BCUT2D eigenvalue weighted by Crippen LogP contribution is 2.33. The third-order valence-corrected chi connectivity index (χ3v) is 4.77. The van der Waals surface area contributed by atoms with Crippen molar-refractivity contribution in [2.24, 2.45) is 0 Å². The molecule has 0 saturated carbocycles. The Balaban J connectivity index is 1.79. The van der Waals surface area contributed by atoms with Crippen molar-refractivity contribution in [2.45, 2.75) is 24.8 Å². The number of esters is 1. The lowest BCUT2D eigenvalue weighted by atomic mass is 10.1. The van der Waals surface area contributed by atoms with E-state index < -0.39 is 18.5 Å². The molecule has 27 heavy (non-hydrogen) atoms. The minimum absolute atomic E-state index is 0.00757. The van der Waals surface area contributed by atoms with Crippen LogP contribution >= 0.6 is 23.4 Å². The van der Waals surface area contributed by atoms with Gasteiger partial charge >= 0.3 is 5.97 Å². The Hall–Kier alpha value is -2.25. The Morgan fingerprint density at radius 3 is 2.52 bits per heavy atom. The largest absolute Gasteiger partial charge is 0.455 e. The monoisotopic (exact) mass is 408 g/mol. The second-order valence-corrected chi connectivity index (χ2v) is 7.47.